The van der Waals surface area contributed by atoms with Crippen molar-refractivity contribution >= 4 is 15.9 Å². The number of hydrogen-bond donors (Lipinski definition) is 0. The molecule has 72 valence electrons. The van der Waals surface area contributed by atoms with Crippen LogP contribution in [0.2, 0.25) is 0 Å². The lowest BCUT2D eigenvalue weighted by Gasteiger charge is -1.98. The van der Waals surface area contributed by atoms with Crippen LogP contribution in [0.1, 0.15) is 25.5 Å². The molecule has 0 N–H and O–H groups in total. The van der Waals surface area contributed by atoms with Gasteiger partial charge in [-0.05, 0) is 17.4 Å². The fraction of sp³-hybridized carbons (Fsp3) is 0.700. The number of rotatable bonds is 2. The molecule has 0 spiro atoms. The average molecular weight is 243 g/mol. The smallest absolute Gasteiger partial charge is 0.0664 e. The van der Waals surface area contributed by atoms with Gasteiger partial charge in [0.15, 0.2) is 0 Å². The molecule has 1 aromatic heterocycles. The van der Waals surface area contributed by atoms with Crippen LogP contribution in [-0.2, 0) is 7.05 Å². The maximum atomic E-state index is 4.46. The number of hydrogen-bond acceptors (Lipinski definition) is 1. The molecule has 1 aromatic rings. The van der Waals surface area contributed by atoms with Gasteiger partial charge in [-0.3, -0.25) is 4.68 Å². The first-order valence-electron chi connectivity index (χ1n) is 4.63. The minimum Gasteiger partial charge on any atom is -0.276 e. The summed E-state index contributed by atoms with van der Waals surface area (Å²) < 4.78 is 1.88. The molecule has 2 nitrogen and oxygen atoms in total. The first-order valence-corrected chi connectivity index (χ1v) is 5.75. The van der Waals surface area contributed by atoms with Gasteiger partial charge in [-0.1, -0.05) is 29.8 Å². The monoisotopic (exact) mass is 242 g/mol. The molecule has 2 rings (SSSR count). The van der Waals surface area contributed by atoms with Gasteiger partial charge < -0.3 is 0 Å². The fourth-order valence-corrected chi connectivity index (χ4v) is 3.43. The van der Waals surface area contributed by atoms with E-state index in [2.05, 4.69) is 40.9 Å². The van der Waals surface area contributed by atoms with Crippen LogP contribution in [0.3, 0.4) is 0 Å². The molecule has 2 atom stereocenters. The van der Waals surface area contributed by atoms with Gasteiger partial charge in [0.2, 0.25) is 0 Å². The molecule has 13 heavy (non-hydrogen) atoms. The Bertz CT molecular complexity index is 316. The topological polar surface area (TPSA) is 17.8 Å². The van der Waals surface area contributed by atoms with Crippen LogP contribution in [0.15, 0.2) is 12.3 Å². The molecule has 3 heteroatoms. The van der Waals surface area contributed by atoms with Crippen molar-refractivity contribution in [2.75, 3.05) is 5.33 Å². The highest BCUT2D eigenvalue weighted by Gasteiger charge is 2.58. The van der Waals surface area contributed by atoms with Crippen LogP contribution in [0.5, 0.6) is 0 Å². The van der Waals surface area contributed by atoms with Crippen molar-refractivity contribution in [3.63, 3.8) is 0 Å². The SMILES string of the molecule is Cn1ccc(C2C(CBr)C2(C)C)n1. The van der Waals surface area contributed by atoms with Crippen LogP contribution in [-0.4, -0.2) is 15.1 Å². The van der Waals surface area contributed by atoms with Crippen LogP contribution in [0, 0.1) is 11.3 Å². The second-order valence-corrected chi connectivity index (χ2v) is 5.12. The molecule has 0 radical (unpaired) electrons. The molecule has 1 aliphatic carbocycles. The van der Waals surface area contributed by atoms with E-state index in [-0.39, 0.29) is 0 Å². The van der Waals surface area contributed by atoms with Gasteiger partial charge in [-0.25, -0.2) is 0 Å². The Labute approximate surface area is 87.5 Å². The summed E-state index contributed by atoms with van der Waals surface area (Å²) in [6.07, 6.45) is 2.02. The van der Waals surface area contributed by atoms with E-state index >= 15 is 0 Å². The van der Waals surface area contributed by atoms with Gasteiger partial charge in [-0.15, -0.1) is 0 Å². The molecule has 0 saturated heterocycles. The molecule has 1 heterocycles. The van der Waals surface area contributed by atoms with E-state index in [9.17, 15) is 0 Å². The number of halogens is 1. The van der Waals surface area contributed by atoms with Crippen molar-refractivity contribution in [3.05, 3.63) is 18.0 Å². The molecule has 1 saturated carbocycles. The van der Waals surface area contributed by atoms with Crippen molar-refractivity contribution in [3.8, 4) is 0 Å². The van der Waals surface area contributed by atoms with E-state index in [0.717, 1.165) is 11.2 Å². The molecule has 0 aromatic carbocycles. The summed E-state index contributed by atoms with van der Waals surface area (Å²) in [6, 6.07) is 2.13. The Hall–Kier alpha value is -0.310. The van der Waals surface area contributed by atoms with E-state index in [1.807, 2.05) is 17.9 Å². The predicted octanol–water partition coefficient (Wildman–Crippen LogP) is 2.55. The third-order valence-electron chi connectivity index (χ3n) is 3.27. The molecule has 0 bridgehead atoms. The first kappa shape index (κ1) is 9.25. The number of aromatic nitrogens is 2. The summed E-state index contributed by atoms with van der Waals surface area (Å²) >= 11 is 3.56. The van der Waals surface area contributed by atoms with Gasteiger partial charge in [-0.2, -0.15) is 5.10 Å². The van der Waals surface area contributed by atoms with Gasteiger partial charge >= 0.3 is 0 Å². The van der Waals surface area contributed by atoms with Crippen LogP contribution >= 0.6 is 15.9 Å². The van der Waals surface area contributed by atoms with Gasteiger partial charge in [0.25, 0.3) is 0 Å². The molecule has 0 amide bonds. The summed E-state index contributed by atoms with van der Waals surface area (Å²) in [5, 5.41) is 5.55. The Kier molecular flexibility index (Phi) is 2.02. The molecule has 1 aliphatic rings. The maximum Gasteiger partial charge on any atom is 0.0664 e. The minimum atomic E-state index is 0.428. The van der Waals surface area contributed by atoms with Crippen molar-refractivity contribution in [1.82, 2.24) is 9.78 Å². The van der Waals surface area contributed by atoms with E-state index < -0.39 is 0 Å². The molecular formula is C10H15BrN2. The van der Waals surface area contributed by atoms with Crippen LogP contribution in [0.25, 0.3) is 0 Å². The first-order chi connectivity index (χ1) is 6.07. The van der Waals surface area contributed by atoms with Crippen molar-refractivity contribution in [2.45, 2.75) is 19.8 Å². The standard InChI is InChI=1S/C10H15BrN2/c1-10(2)7(6-11)9(10)8-4-5-13(3)12-8/h4-5,7,9H,6H2,1-3H3. The Morgan fingerprint density at radius 2 is 2.31 bits per heavy atom. The highest BCUT2D eigenvalue weighted by Crippen LogP contribution is 2.64. The van der Waals surface area contributed by atoms with Gasteiger partial charge in [0.1, 0.15) is 0 Å². The molecule has 0 aliphatic heterocycles. The lowest BCUT2D eigenvalue weighted by molar-refractivity contribution is 0.575. The number of nitrogens with zero attached hydrogens (tertiary/aromatic N) is 2. The Morgan fingerprint density at radius 3 is 2.69 bits per heavy atom. The quantitative estimate of drug-likeness (QED) is 0.730. The van der Waals surface area contributed by atoms with Crippen molar-refractivity contribution < 1.29 is 0 Å². The molecular weight excluding hydrogens is 228 g/mol. The van der Waals surface area contributed by atoms with E-state index in [1.54, 1.807) is 0 Å². The predicted molar refractivity (Wildman–Crippen MR) is 57.0 cm³/mol. The zero-order chi connectivity index (χ0) is 9.64. The minimum absolute atomic E-state index is 0.428. The lowest BCUT2D eigenvalue weighted by Crippen LogP contribution is -1.93. The highest BCUT2D eigenvalue weighted by molar-refractivity contribution is 9.09. The Balaban J connectivity index is 2.21. The second kappa shape index (κ2) is 2.84. The average Bonchev–Trinajstić information content (AvgIpc) is 2.41. The highest BCUT2D eigenvalue weighted by atomic mass is 79.9. The summed E-state index contributed by atoms with van der Waals surface area (Å²) in [7, 11) is 1.97. The van der Waals surface area contributed by atoms with E-state index in [1.165, 1.54) is 5.69 Å². The summed E-state index contributed by atoms with van der Waals surface area (Å²) in [5.41, 5.74) is 1.68. The normalized spacial score (nSPS) is 30.5. The number of aryl methyl sites for hydroxylation is 1. The fourth-order valence-electron chi connectivity index (χ4n) is 2.22. The summed E-state index contributed by atoms with van der Waals surface area (Å²) in [6.45, 7) is 4.64. The maximum absolute atomic E-state index is 4.46. The number of alkyl halides is 1. The summed E-state index contributed by atoms with van der Waals surface area (Å²) in [5.74, 6) is 1.40. The van der Waals surface area contributed by atoms with E-state index in [0.29, 0.717) is 11.3 Å². The van der Waals surface area contributed by atoms with Gasteiger partial charge in [0.05, 0.1) is 5.69 Å². The van der Waals surface area contributed by atoms with Gasteiger partial charge in [0, 0.05) is 24.5 Å². The third kappa shape index (κ3) is 1.33. The molecule has 1 fully saturated rings. The third-order valence-corrected chi connectivity index (χ3v) is 3.97. The van der Waals surface area contributed by atoms with E-state index in [4.69, 9.17) is 0 Å². The van der Waals surface area contributed by atoms with Crippen LogP contribution in [0.4, 0.5) is 0 Å². The second-order valence-electron chi connectivity index (χ2n) is 4.47. The Morgan fingerprint density at radius 1 is 1.62 bits per heavy atom. The zero-order valence-electron chi connectivity index (χ0n) is 8.29. The van der Waals surface area contributed by atoms with Crippen molar-refractivity contribution in [1.29, 1.82) is 0 Å². The largest absolute Gasteiger partial charge is 0.276 e. The van der Waals surface area contributed by atoms with Crippen molar-refractivity contribution in [2.24, 2.45) is 18.4 Å². The molecule has 2 unspecified atom stereocenters. The summed E-state index contributed by atoms with van der Waals surface area (Å²) in [4.78, 5) is 0. The zero-order valence-corrected chi connectivity index (χ0v) is 9.87. The van der Waals surface area contributed by atoms with Crippen LogP contribution < -0.4 is 0 Å². The lowest BCUT2D eigenvalue weighted by atomic mass is 10.1.